The lowest BCUT2D eigenvalue weighted by atomic mass is 9.84. The van der Waals surface area contributed by atoms with Crippen LogP contribution in [0.3, 0.4) is 0 Å². The largest absolute Gasteiger partial charge is 0.507 e. The molecule has 1 aliphatic heterocycles. The van der Waals surface area contributed by atoms with Crippen molar-refractivity contribution in [1.82, 2.24) is 9.97 Å². The minimum absolute atomic E-state index is 0.0501. The van der Waals surface area contributed by atoms with Crippen molar-refractivity contribution in [2.24, 2.45) is 0 Å². The molecule has 0 radical (unpaired) electrons. The van der Waals surface area contributed by atoms with E-state index in [1.165, 1.54) is 23.1 Å². The number of hydrogen-bond acceptors (Lipinski definition) is 6. The maximum Gasteiger partial charge on any atom is 0.335 e. The zero-order valence-electron chi connectivity index (χ0n) is 22.8. The summed E-state index contributed by atoms with van der Waals surface area (Å²) in [4.78, 5) is 47.3. The van der Waals surface area contributed by atoms with Gasteiger partial charge in [-0.15, -0.1) is 0 Å². The fourth-order valence-electron chi connectivity index (χ4n) is 5.05. The summed E-state index contributed by atoms with van der Waals surface area (Å²) in [6.07, 6.45) is 0. The summed E-state index contributed by atoms with van der Waals surface area (Å²) < 4.78 is 5.52. The molecule has 40 heavy (non-hydrogen) atoms. The number of amides is 1. The number of nitrogens with zero attached hydrogens (tertiary/aromatic N) is 2. The van der Waals surface area contributed by atoms with Crippen molar-refractivity contribution in [3.8, 4) is 5.75 Å². The lowest BCUT2D eigenvalue weighted by Crippen LogP contribution is -2.30. The van der Waals surface area contributed by atoms with Gasteiger partial charge < -0.3 is 19.9 Å². The third-order valence-electron chi connectivity index (χ3n) is 7.03. The minimum Gasteiger partial charge on any atom is -0.507 e. The zero-order valence-corrected chi connectivity index (χ0v) is 22.8. The number of aliphatic hydroxyl groups excluding tert-OH is 1. The molecule has 204 valence electrons. The van der Waals surface area contributed by atoms with Gasteiger partial charge in [0.25, 0.3) is 5.78 Å². The highest BCUT2D eigenvalue weighted by molar-refractivity contribution is 6.51. The molecule has 4 aromatic rings. The number of hydrogen-bond donors (Lipinski definition) is 3. The van der Waals surface area contributed by atoms with Crippen LogP contribution in [-0.4, -0.2) is 45.0 Å². The average Bonchev–Trinajstić information content (AvgIpc) is 3.45. The van der Waals surface area contributed by atoms with E-state index < -0.39 is 23.7 Å². The number of carbonyl (C=O) groups excluding carboxylic acids is 2. The van der Waals surface area contributed by atoms with Crippen LogP contribution >= 0.6 is 0 Å². The number of aromatic amines is 1. The summed E-state index contributed by atoms with van der Waals surface area (Å²) in [5, 5.41) is 21.0. The van der Waals surface area contributed by atoms with E-state index in [2.05, 4.69) is 9.97 Å². The molecule has 1 aromatic heterocycles. The molecular formula is C31H29N3O6. The van der Waals surface area contributed by atoms with Crippen LogP contribution < -0.4 is 9.64 Å². The summed E-state index contributed by atoms with van der Waals surface area (Å²) in [5.74, 6) is -2.44. The first-order chi connectivity index (χ1) is 18.9. The number of rotatable bonds is 5. The molecule has 1 unspecified atom stereocenters. The highest BCUT2D eigenvalue weighted by Gasteiger charge is 2.48. The molecule has 9 nitrogen and oxygen atoms in total. The van der Waals surface area contributed by atoms with E-state index in [1.54, 1.807) is 31.4 Å². The molecule has 9 heteroatoms. The quantitative estimate of drug-likeness (QED) is 0.173. The highest BCUT2D eigenvalue weighted by Crippen LogP contribution is 2.43. The Labute approximate surface area is 230 Å². The topological polar surface area (TPSA) is 133 Å². The molecule has 0 bridgehead atoms. The molecule has 1 fully saturated rings. The van der Waals surface area contributed by atoms with Gasteiger partial charge in [-0.3, -0.25) is 14.5 Å². The smallest absolute Gasteiger partial charge is 0.335 e. The van der Waals surface area contributed by atoms with Gasteiger partial charge in [-0.1, -0.05) is 50.6 Å². The van der Waals surface area contributed by atoms with E-state index >= 15 is 0 Å². The van der Waals surface area contributed by atoms with E-state index in [4.69, 9.17) is 4.74 Å². The molecular weight excluding hydrogens is 510 g/mol. The Morgan fingerprint density at radius 1 is 1.00 bits per heavy atom. The average molecular weight is 540 g/mol. The Hall–Kier alpha value is -4.92. The SMILES string of the molecule is COc1ccc(/C(O)=C2\C(=O)C(=O)N(c3nc4ccc(C(=O)O)cc4[nH]3)C2c2cccc(C)c2)cc1C(C)(C)C. The number of carboxylic acids is 1. The maximum absolute atomic E-state index is 13.6. The number of H-pyrrole nitrogens is 1. The van der Waals surface area contributed by atoms with E-state index in [1.807, 2.05) is 45.9 Å². The van der Waals surface area contributed by atoms with Gasteiger partial charge >= 0.3 is 11.9 Å². The van der Waals surface area contributed by atoms with Gasteiger partial charge in [0.15, 0.2) is 0 Å². The number of ether oxygens (including phenoxy) is 1. The second kappa shape index (κ2) is 9.68. The number of ketones is 1. The highest BCUT2D eigenvalue weighted by atomic mass is 16.5. The van der Waals surface area contributed by atoms with Crippen LogP contribution in [0.25, 0.3) is 16.8 Å². The number of carboxylic acid groups (broad SMARTS) is 1. The van der Waals surface area contributed by atoms with Crippen LogP contribution in [0, 0.1) is 6.92 Å². The number of aryl methyl sites for hydroxylation is 1. The van der Waals surface area contributed by atoms with Crippen molar-refractivity contribution in [3.63, 3.8) is 0 Å². The van der Waals surface area contributed by atoms with Crippen molar-refractivity contribution in [3.05, 3.63) is 94.1 Å². The number of fused-ring (bicyclic) bond motifs is 1. The van der Waals surface area contributed by atoms with Gasteiger partial charge in [0.2, 0.25) is 5.95 Å². The maximum atomic E-state index is 13.6. The molecule has 0 saturated carbocycles. The predicted molar refractivity (Wildman–Crippen MR) is 151 cm³/mol. The zero-order chi connectivity index (χ0) is 28.9. The normalized spacial score (nSPS) is 17.0. The van der Waals surface area contributed by atoms with Gasteiger partial charge in [-0.2, -0.15) is 0 Å². The van der Waals surface area contributed by atoms with Crippen molar-refractivity contribution in [2.75, 3.05) is 12.0 Å². The van der Waals surface area contributed by atoms with Gasteiger partial charge in [0, 0.05) is 11.1 Å². The Morgan fingerprint density at radius 2 is 1.73 bits per heavy atom. The van der Waals surface area contributed by atoms with Crippen LogP contribution in [0.5, 0.6) is 5.75 Å². The number of aliphatic hydroxyl groups is 1. The summed E-state index contributed by atoms with van der Waals surface area (Å²) >= 11 is 0. The third-order valence-corrected chi connectivity index (χ3v) is 7.03. The van der Waals surface area contributed by atoms with E-state index in [0.29, 0.717) is 27.9 Å². The van der Waals surface area contributed by atoms with Gasteiger partial charge in [0.1, 0.15) is 11.5 Å². The summed E-state index contributed by atoms with van der Waals surface area (Å²) in [7, 11) is 1.57. The molecule has 5 rings (SSSR count). The predicted octanol–water partition coefficient (Wildman–Crippen LogP) is 5.50. The van der Waals surface area contributed by atoms with Crippen LogP contribution in [0.4, 0.5) is 5.95 Å². The van der Waals surface area contributed by atoms with Crippen LogP contribution in [0.1, 0.15) is 59.4 Å². The van der Waals surface area contributed by atoms with E-state index in [-0.39, 0.29) is 28.3 Å². The fourth-order valence-corrected chi connectivity index (χ4v) is 5.05. The molecule has 1 amide bonds. The number of Topliss-reactive ketones (excluding diaryl/α,β-unsaturated/α-hetero) is 1. The summed E-state index contributed by atoms with van der Waals surface area (Å²) in [6, 6.07) is 15.9. The second-order valence-corrected chi connectivity index (χ2v) is 10.8. The molecule has 1 saturated heterocycles. The second-order valence-electron chi connectivity index (χ2n) is 10.8. The molecule has 1 atom stereocenters. The van der Waals surface area contributed by atoms with Crippen molar-refractivity contribution >= 4 is 40.4 Å². The molecule has 1 aliphatic rings. The standard InChI is InChI=1S/C31H29N3O6/c1-16-7-6-8-17(13-16)25-24(26(35)18-10-12-23(40-5)20(14-18)31(2,3)4)27(36)28(37)34(25)30-32-21-11-9-19(29(38)39)15-22(21)33-30/h6-15,25,35H,1-5H3,(H,32,33)(H,38,39)/b26-24+. The van der Waals surface area contributed by atoms with Gasteiger partial charge in [0.05, 0.1) is 35.3 Å². The Balaban J connectivity index is 1.73. The minimum atomic E-state index is -1.10. The number of benzene rings is 3. The molecule has 0 spiro atoms. The van der Waals surface area contributed by atoms with Gasteiger partial charge in [-0.25, -0.2) is 9.78 Å². The van der Waals surface area contributed by atoms with E-state index in [9.17, 15) is 24.6 Å². The number of anilines is 1. The number of nitrogens with one attached hydrogen (secondary N) is 1. The number of aromatic nitrogens is 2. The van der Waals surface area contributed by atoms with E-state index in [0.717, 1.165) is 11.1 Å². The fraction of sp³-hybridized carbons (Fsp3) is 0.226. The first-order valence-corrected chi connectivity index (χ1v) is 12.7. The lowest BCUT2D eigenvalue weighted by molar-refractivity contribution is -0.132. The summed E-state index contributed by atoms with van der Waals surface area (Å²) in [5.41, 5.74) is 3.17. The Kier molecular flexibility index (Phi) is 6.45. The first kappa shape index (κ1) is 26.7. The molecule has 0 aliphatic carbocycles. The van der Waals surface area contributed by atoms with Gasteiger partial charge in [-0.05, 0) is 54.3 Å². The molecule has 3 N–H and O–H groups in total. The first-order valence-electron chi connectivity index (χ1n) is 12.7. The Morgan fingerprint density at radius 3 is 2.38 bits per heavy atom. The van der Waals surface area contributed by atoms with Crippen LogP contribution in [0.2, 0.25) is 0 Å². The number of carbonyl (C=O) groups is 3. The monoisotopic (exact) mass is 539 g/mol. The number of methoxy groups -OCH3 is 1. The lowest BCUT2D eigenvalue weighted by Gasteiger charge is -2.24. The number of aromatic carboxylic acids is 1. The summed E-state index contributed by atoms with van der Waals surface area (Å²) in [6.45, 7) is 7.93. The van der Waals surface area contributed by atoms with Crippen molar-refractivity contribution < 1.29 is 29.3 Å². The third kappa shape index (κ3) is 4.49. The van der Waals surface area contributed by atoms with Crippen molar-refractivity contribution in [2.45, 2.75) is 39.2 Å². The van der Waals surface area contributed by atoms with Crippen LogP contribution in [0.15, 0.2) is 66.2 Å². The van der Waals surface area contributed by atoms with Crippen molar-refractivity contribution in [1.29, 1.82) is 0 Å². The van der Waals surface area contributed by atoms with Crippen LogP contribution in [-0.2, 0) is 15.0 Å². The Bertz CT molecular complexity index is 1730. The molecule has 2 heterocycles. The number of imidazole rings is 1. The molecule has 3 aromatic carbocycles.